The number of allylic oxidation sites excluding steroid dienone is 1. The fourth-order valence-corrected chi connectivity index (χ4v) is 4.80. The van der Waals surface area contributed by atoms with Gasteiger partial charge in [-0.25, -0.2) is 0 Å². The van der Waals surface area contributed by atoms with Gasteiger partial charge in [-0.3, -0.25) is 0 Å². The summed E-state index contributed by atoms with van der Waals surface area (Å²) in [5, 5.41) is 0.193. The molecule has 0 N–H and O–H groups in total. The molecule has 0 saturated heterocycles. The summed E-state index contributed by atoms with van der Waals surface area (Å²) in [7, 11) is -1.84. The molecule has 0 radical (unpaired) electrons. The van der Waals surface area contributed by atoms with Crippen LogP contribution >= 0.6 is 0 Å². The van der Waals surface area contributed by atoms with Gasteiger partial charge in [-0.15, -0.1) is 0 Å². The van der Waals surface area contributed by atoms with E-state index in [0.29, 0.717) is 6.61 Å². The van der Waals surface area contributed by atoms with E-state index in [4.69, 9.17) is 9.16 Å². The molecule has 0 heterocycles. The Kier molecular flexibility index (Phi) is 6.30. The first kappa shape index (κ1) is 22.4. The molecule has 4 rings (SSSR count). The lowest BCUT2D eigenvalue weighted by molar-refractivity contribution is 0.306. The lowest BCUT2D eigenvalue weighted by Crippen LogP contribution is -2.43. The van der Waals surface area contributed by atoms with E-state index in [2.05, 4.69) is 94.5 Å². The van der Waals surface area contributed by atoms with Gasteiger partial charge in [0.1, 0.15) is 18.1 Å². The number of benzene rings is 3. The van der Waals surface area contributed by atoms with Gasteiger partial charge in [-0.05, 0) is 83.1 Å². The van der Waals surface area contributed by atoms with Crippen molar-refractivity contribution in [2.24, 2.45) is 0 Å². The molecule has 0 saturated carbocycles. The Hall–Kier alpha value is -2.78. The molecule has 0 atom stereocenters. The summed E-state index contributed by atoms with van der Waals surface area (Å²) in [4.78, 5) is 0. The van der Waals surface area contributed by atoms with Crippen molar-refractivity contribution in [1.82, 2.24) is 0 Å². The van der Waals surface area contributed by atoms with Crippen molar-refractivity contribution in [2.75, 3.05) is 0 Å². The van der Waals surface area contributed by atoms with Gasteiger partial charge in [0.05, 0.1) is 0 Å². The van der Waals surface area contributed by atoms with Crippen molar-refractivity contribution in [2.45, 2.75) is 58.4 Å². The molecule has 0 amide bonds. The first-order chi connectivity index (χ1) is 15.2. The normalized spacial score (nSPS) is 13.8. The van der Waals surface area contributed by atoms with Crippen LogP contribution in [-0.4, -0.2) is 8.32 Å². The Bertz CT molecular complexity index is 1090. The van der Waals surface area contributed by atoms with Gasteiger partial charge >= 0.3 is 0 Å². The van der Waals surface area contributed by atoms with E-state index in [1.54, 1.807) is 0 Å². The third kappa shape index (κ3) is 4.99. The Balaban J connectivity index is 1.49. The van der Waals surface area contributed by atoms with Crippen LogP contribution in [0.2, 0.25) is 18.1 Å². The van der Waals surface area contributed by atoms with Crippen LogP contribution in [0.15, 0.2) is 78.9 Å². The van der Waals surface area contributed by atoms with Gasteiger partial charge < -0.3 is 9.16 Å². The zero-order valence-electron chi connectivity index (χ0n) is 19.9. The fraction of sp³-hybridized carbons (Fsp3) is 0.310. The van der Waals surface area contributed by atoms with Crippen molar-refractivity contribution < 1.29 is 9.16 Å². The number of aryl methyl sites for hydroxylation is 1. The molecule has 2 nitrogen and oxygen atoms in total. The van der Waals surface area contributed by atoms with Crippen LogP contribution in [0.5, 0.6) is 11.5 Å². The predicted molar refractivity (Wildman–Crippen MR) is 137 cm³/mol. The summed E-state index contributed by atoms with van der Waals surface area (Å²) >= 11 is 0. The minimum atomic E-state index is -1.84. The standard InChI is InChI=1S/C29H34O2Si/c1-29(2,3)32(4,5)31-26-18-19-28-24(20-26)12-9-13-27(28)23-14-16-25(17-15-23)30-21-22-10-7-6-8-11-22/h6-8,10-11,13-20H,9,12,21H2,1-5H3. The van der Waals surface area contributed by atoms with Crippen LogP contribution in [0.25, 0.3) is 5.57 Å². The highest BCUT2D eigenvalue weighted by molar-refractivity contribution is 6.74. The van der Waals surface area contributed by atoms with Crippen LogP contribution in [0.4, 0.5) is 0 Å². The summed E-state index contributed by atoms with van der Waals surface area (Å²) in [5.74, 6) is 1.91. The van der Waals surface area contributed by atoms with Crippen LogP contribution < -0.4 is 9.16 Å². The maximum absolute atomic E-state index is 6.56. The summed E-state index contributed by atoms with van der Waals surface area (Å²) in [6.07, 6.45) is 4.47. The largest absolute Gasteiger partial charge is 0.543 e. The van der Waals surface area contributed by atoms with E-state index in [9.17, 15) is 0 Å². The van der Waals surface area contributed by atoms with Gasteiger partial charge in [0, 0.05) is 0 Å². The van der Waals surface area contributed by atoms with Gasteiger partial charge in [0.25, 0.3) is 0 Å². The van der Waals surface area contributed by atoms with Crippen molar-refractivity contribution in [3.8, 4) is 11.5 Å². The monoisotopic (exact) mass is 442 g/mol. The Morgan fingerprint density at radius 2 is 1.53 bits per heavy atom. The molecule has 1 aliphatic carbocycles. The first-order valence-electron chi connectivity index (χ1n) is 11.5. The molecule has 3 heteroatoms. The van der Waals surface area contributed by atoms with E-state index in [1.807, 2.05) is 18.2 Å². The molecule has 0 aromatic heterocycles. The van der Waals surface area contributed by atoms with E-state index >= 15 is 0 Å². The molecule has 1 aliphatic rings. The number of rotatable bonds is 6. The predicted octanol–water partition coefficient (Wildman–Crippen LogP) is 8.03. The SMILES string of the molecule is CC(C)(C)[Si](C)(C)Oc1ccc2c(c1)CCC=C2c1ccc(OCc2ccccc2)cc1. The second kappa shape index (κ2) is 8.99. The average Bonchev–Trinajstić information content (AvgIpc) is 2.77. The molecule has 3 aromatic carbocycles. The lowest BCUT2D eigenvalue weighted by atomic mass is 9.87. The summed E-state index contributed by atoms with van der Waals surface area (Å²) < 4.78 is 12.5. The molecule has 3 aromatic rings. The zero-order valence-corrected chi connectivity index (χ0v) is 20.9. The third-order valence-corrected chi connectivity index (χ3v) is 11.1. The maximum Gasteiger partial charge on any atom is 0.250 e. The van der Waals surface area contributed by atoms with Crippen molar-refractivity contribution in [1.29, 1.82) is 0 Å². The molecule has 0 aliphatic heterocycles. The van der Waals surface area contributed by atoms with Gasteiger partial charge in [-0.2, -0.15) is 0 Å². The highest BCUT2D eigenvalue weighted by Gasteiger charge is 2.39. The van der Waals surface area contributed by atoms with Crippen LogP contribution in [0.3, 0.4) is 0 Å². The van der Waals surface area contributed by atoms with Crippen molar-refractivity contribution in [3.63, 3.8) is 0 Å². The maximum atomic E-state index is 6.56. The quantitative estimate of drug-likeness (QED) is 0.360. The minimum Gasteiger partial charge on any atom is -0.543 e. The Morgan fingerprint density at radius 1 is 0.844 bits per heavy atom. The number of fused-ring (bicyclic) bond motifs is 1. The second-order valence-electron chi connectivity index (χ2n) is 10.1. The third-order valence-electron chi connectivity index (χ3n) is 6.72. The molecule has 0 unspecified atom stereocenters. The van der Waals surface area contributed by atoms with E-state index in [1.165, 1.54) is 27.8 Å². The molecule has 0 spiro atoms. The van der Waals surface area contributed by atoms with E-state index < -0.39 is 8.32 Å². The smallest absolute Gasteiger partial charge is 0.250 e. The minimum absolute atomic E-state index is 0.193. The van der Waals surface area contributed by atoms with Gasteiger partial charge in [0.2, 0.25) is 8.32 Å². The van der Waals surface area contributed by atoms with Crippen molar-refractivity contribution in [3.05, 3.63) is 101 Å². The molecule has 166 valence electrons. The molecule has 0 bridgehead atoms. The number of hydrogen-bond donors (Lipinski definition) is 0. The van der Waals surface area contributed by atoms with Crippen LogP contribution in [0.1, 0.15) is 49.4 Å². The molecule has 32 heavy (non-hydrogen) atoms. The fourth-order valence-electron chi connectivity index (χ4n) is 3.78. The zero-order chi connectivity index (χ0) is 22.8. The van der Waals surface area contributed by atoms with Crippen molar-refractivity contribution >= 4 is 13.9 Å². The van der Waals surface area contributed by atoms with Gasteiger partial charge in [-0.1, -0.05) is 75.4 Å². The first-order valence-corrected chi connectivity index (χ1v) is 14.4. The molecular formula is C29H34O2Si. The highest BCUT2D eigenvalue weighted by atomic mass is 28.4. The molecular weight excluding hydrogens is 408 g/mol. The summed E-state index contributed by atoms with van der Waals surface area (Å²) in [5.41, 5.74) is 6.41. The second-order valence-corrected chi connectivity index (χ2v) is 14.9. The van der Waals surface area contributed by atoms with Gasteiger partial charge in [0.15, 0.2) is 0 Å². The topological polar surface area (TPSA) is 18.5 Å². The summed E-state index contributed by atoms with van der Waals surface area (Å²) in [6, 6.07) is 25.4. The number of ether oxygens (including phenoxy) is 1. The average molecular weight is 443 g/mol. The highest BCUT2D eigenvalue weighted by Crippen LogP contribution is 2.39. The van der Waals surface area contributed by atoms with E-state index in [-0.39, 0.29) is 5.04 Å². The number of hydrogen-bond acceptors (Lipinski definition) is 2. The van der Waals surface area contributed by atoms with E-state index in [0.717, 1.165) is 24.3 Å². The Morgan fingerprint density at radius 3 is 2.22 bits per heavy atom. The Labute approximate surface area is 194 Å². The van der Waals surface area contributed by atoms with Crippen LogP contribution in [0, 0.1) is 0 Å². The molecule has 0 fully saturated rings. The van der Waals surface area contributed by atoms with Crippen LogP contribution in [-0.2, 0) is 13.0 Å². The summed E-state index contributed by atoms with van der Waals surface area (Å²) in [6.45, 7) is 12.0. The lowest BCUT2D eigenvalue weighted by Gasteiger charge is -2.36.